The predicted octanol–water partition coefficient (Wildman–Crippen LogP) is 4.30. The number of nitrogens with zero attached hydrogens (tertiary/aromatic N) is 2. The van der Waals surface area contributed by atoms with Crippen LogP contribution in [0.25, 0.3) is 0 Å². The molecule has 1 saturated heterocycles. The minimum absolute atomic E-state index is 0.0781. The molecular weight excluding hydrogens is 466 g/mol. The number of carbonyl (C=O) groups excluding carboxylic acids is 2. The quantitative estimate of drug-likeness (QED) is 0.560. The summed E-state index contributed by atoms with van der Waals surface area (Å²) in [6.07, 6.45) is 2.24. The summed E-state index contributed by atoms with van der Waals surface area (Å²) in [4.78, 5) is 32.9. The number of hydrogen-bond donors (Lipinski definition) is 1. The van der Waals surface area contributed by atoms with E-state index in [0.29, 0.717) is 17.8 Å². The molecule has 1 aromatic rings. The zero-order chi connectivity index (χ0) is 25.2. The number of esters is 1. The lowest BCUT2D eigenvalue weighted by molar-refractivity contribution is -0.150. The van der Waals surface area contributed by atoms with Gasteiger partial charge < -0.3 is 24.4 Å². The van der Waals surface area contributed by atoms with E-state index in [2.05, 4.69) is 5.32 Å². The van der Waals surface area contributed by atoms with E-state index < -0.39 is 17.6 Å². The third-order valence-electron chi connectivity index (χ3n) is 5.94. The molecular formula is C26H33N3O5S. The normalized spacial score (nSPS) is 21.9. The highest BCUT2D eigenvalue weighted by atomic mass is 32.2. The van der Waals surface area contributed by atoms with Crippen LogP contribution < -0.4 is 10.1 Å². The Hall–Kier alpha value is -2.78. The molecule has 2 atom stereocenters. The molecule has 3 aliphatic rings. The maximum Gasteiger partial charge on any atom is 0.338 e. The van der Waals surface area contributed by atoms with Crippen LogP contribution in [0.4, 0.5) is 0 Å². The highest BCUT2D eigenvalue weighted by Crippen LogP contribution is 2.45. The number of aliphatic imine (C=N–C) groups is 1. The van der Waals surface area contributed by atoms with Crippen molar-refractivity contribution in [3.63, 3.8) is 0 Å². The fourth-order valence-electron chi connectivity index (χ4n) is 4.33. The van der Waals surface area contributed by atoms with Gasteiger partial charge >= 0.3 is 5.97 Å². The molecule has 3 aliphatic heterocycles. The van der Waals surface area contributed by atoms with E-state index in [1.165, 1.54) is 11.8 Å². The average Bonchev–Trinajstić information content (AvgIpc) is 3.46. The smallest absolute Gasteiger partial charge is 0.338 e. The second-order valence-corrected chi connectivity index (χ2v) is 10.6. The number of nitrogens with one attached hydrogen (secondary N) is 1. The molecule has 1 fully saturated rings. The Morgan fingerprint density at radius 3 is 2.63 bits per heavy atom. The van der Waals surface area contributed by atoms with E-state index in [1.54, 1.807) is 7.11 Å². The Morgan fingerprint density at radius 2 is 2.00 bits per heavy atom. The summed E-state index contributed by atoms with van der Waals surface area (Å²) in [6.45, 7) is 8.61. The number of amidine groups is 1. The minimum atomic E-state index is -0.653. The molecule has 1 aromatic carbocycles. The molecule has 2 unspecified atom stereocenters. The summed E-state index contributed by atoms with van der Waals surface area (Å²) in [6, 6.07) is 7.12. The number of allylic oxidation sites excluding steroid dienone is 1. The first-order chi connectivity index (χ1) is 16.7. The van der Waals surface area contributed by atoms with Crippen LogP contribution in [0.1, 0.15) is 58.6 Å². The summed E-state index contributed by atoms with van der Waals surface area (Å²) in [5.41, 5.74) is 2.08. The lowest BCUT2D eigenvalue weighted by atomic mass is 9.93. The molecule has 0 radical (unpaired) electrons. The molecule has 0 aromatic heterocycles. The summed E-state index contributed by atoms with van der Waals surface area (Å²) in [7, 11) is 1.61. The average molecular weight is 500 g/mol. The van der Waals surface area contributed by atoms with E-state index in [-0.39, 0.29) is 18.4 Å². The monoisotopic (exact) mass is 499 g/mol. The van der Waals surface area contributed by atoms with Crippen molar-refractivity contribution in [2.45, 2.75) is 64.7 Å². The molecule has 0 saturated carbocycles. The minimum Gasteiger partial charge on any atom is -0.497 e. The maximum absolute atomic E-state index is 13.4. The van der Waals surface area contributed by atoms with Gasteiger partial charge in [0.1, 0.15) is 11.4 Å². The van der Waals surface area contributed by atoms with Gasteiger partial charge in [0, 0.05) is 18.8 Å². The molecule has 9 heteroatoms. The zero-order valence-corrected chi connectivity index (χ0v) is 21.7. The second-order valence-electron chi connectivity index (χ2n) is 9.78. The van der Waals surface area contributed by atoms with Gasteiger partial charge in [0.15, 0.2) is 5.17 Å². The number of methoxy groups -OCH3 is 1. The molecule has 4 rings (SSSR count). The van der Waals surface area contributed by atoms with Gasteiger partial charge in [-0.3, -0.25) is 4.79 Å². The molecule has 1 N–H and O–H groups in total. The Balaban J connectivity index is 1.62. The highest BCUT2D eigenvalue weighted by molar-refractivity contribution is 8.16. The maximum atomic E-state index is 13.4. The first kappa shape index (κ1) is 25.3. The Labute approximate surface area is 210 Å². The molecule has 0 aliphatic carbocycles. The Morgan fingerprint density at radius 1 is 1.26 bits per heavy atom. The second kappa shape index (κ2) is 10.5. The van der Waals surface area contributed by atoms with E-state index in [4.69, 9.17) is 19.2 Å². The predicted molar refractivity (Wildman–Crippen MR) is 136 cm³/mol. The van der Waals surface area contributed by atoms with Crippen LogP contribution in [0.3, 0.4) is 0 Å². The van der Waals surface area contributed by atoms with Crippen molar-refractivity contribution >= 4 is 28.8 Å². The molecule has 3 heterocycles. The van der Waals surface area contributed by atoms with Gasteiger partial charge in [0.2, 0.25) is 5.91 Å². The summed E-state index contributed by atoms with van der Waals surface area (Å²) in [5, 5.41) is 5.66. The zero-order valence-electron chi connectivity index (χ0n) is 20.9. The third-order valence-corrected chi connectivity index (χ3v) is 6.83. The van der Waals surface area contributed by atoms with Crippen LogP contribution in [0.5, 0.6) is 5.75 Å². The van der Waals surface area contributed by atoms with Crippen LogP contribution in [0, 0.1) is 0 Å². The van der Waals surface area contributed by atoms with Crippen molar-refractivity contribution in [1.82, 2.24) is 10.2 Å². The molecule has 35 heavy (non-hydrogen) atoms. The summed E-state index contributed by atoms with van der Waals surface area (Å²) in [5.74, 6) is 0.211. The van der Waals surface area contributed by atoms with E-state index >= 15 is 0 Å². The van der Waals surface area contributed by atoms with Crippen molar-refractivity contribution in [1.29, 1.82) is 0 Å². The molecule has 0 spiro atoms. The van der Waals surface area contributed by atoms with Gasteiger partial charge in [0.05, 0.1) is 36.9 Å². The number of thioether (sulfide) groups is 1. The molecule has 8 nitrogen and oxygen atoms in total. The van der Waals surface area contributed by atoms with Crippen molar-refractivity contribution in [2.75, 3.05) is 20.3 Å². The summed E-state index contributed by atoms with van der Waals surface area (Å²) >= 11 is 1.45. The van der Waals surface area contributed by atoms with Crippen LogP contribution in [0.2, 0.25) is 0 Å². The van der Waals surface area contributed by atoms with Crippen LogP contribution >= 0.6 is 11.8 Å². The fraction of sp³-hybridized carbons (Fsp3) is 0.500. The fourth-order valence-corrected chi connectivity index (χ4v) is 5.29. The van der Waals surface area contributed by atoms with Crippen molar-refractivity contribution in [2.24, 2.45) is 4.99 Å². The number of benzene rings is 1. The highest BCUT2D eigenvalue weighted by Gasteiger charge is 2.42. The first-order valence-corrected chi connectivity index (χ1v) is 12.7. The van der Waals surface area contributed by atoms with Gasteiger partial charge in [-0.05, 0) is 63.6 Å². The lowest BCUT2D eigenvalue weighted by Crippen LogP contribution is -2.39. The van der Waals surface area contributed by atoms with Gasteiger partial charge in [0.25, 0.3) is 0 Å². The number of ether oxygens (including phenoxy) is 3. The molecule has 1 amide bonds. The molecule has 0 bridgehead atoms. The van der Waals surface area contributed by atoms with Gasteiger partial charge in [-0.1, -0.05) is 23.9 Å². The van der Waals surface area contributed by atoms with Gasteiger partial charge in [-0.25, -0.2) is 9.79 Å². The lowest BCUT2D eigenvalue weighted by Gasteiger charge is -2.37. The van der Waals surface area contributed by atoms with Crippen LogP contribution in [-0.2, 0) is 19.1 Å². The van der Waals surface area contributed by atoms with Crippen LogP contribution in [-0.4, -0.2) is 53.9 Å². The van der Waals surface area contributed by atoms with E-state index in [9.17, 15) is 9.59 Å². The van der Waals surface area contributed by atoms with Gasteiger partial charge in [-0.15, -0.1) is 0 Å². The first-order valence-electron chi connectivity index (χ1n) is 11.9. The van der Waals surface area contributed by atoms with E-state index in [0.717, 1.165) is 41.6 Å². The van der Waals surface area contributed by atoms with Crippen LogP contribution in [0.15, 0.2) is 51.6 Å². The van der Waals surface area contributed by atoms with Gasteiger partial charge in [-0.2, -0.15) is 0 Å². The third kappa shape index (κ3) is 5.90. The Bertz CT molecular complexity index is 1070. The van der Waals surface area contributed by atoms with Crippen molar-refractivity contribution in [3.05, 3.63) is 52.2 Å². The standard InChI is InChI=1S/C26H33N3O5S/c1-16-22(24(31)34-26(2,3)4)23(17-8-10-19(32-5)11-9-17)29-18(15-35-25(29)28-16)13-21(30)27-14-20-7-6-12-33-20/h8-11,15,20,23H,6-7,12-14H2,1-5H3,(H,27,30). The number of carbonyl (C=O) groups is 2. The van der Waals surface area contributed by atoms with E-state index in [1.807, 2.05) is 62.3 Å². The number of amides is 1. The Kier molecular flexibility index (Phi) is 7.56. The number of fused-ring (bicyclic) bond motifs is 1. The number of hydrogen-bond acceptors (Lipinski definition) is 8. The number of rotatable bonds is 7. The SMILES string of the molecule is COc1ccc(C2C(C(=O)OC(C)(C)C)=C(C)N=C3SC=C(CC(=O)NCC4CCCO4)N32)cc1. The molecule has 188 valence electrons. The van der Waals surface area contributed by atoms with Crippen molar-refractivity contribution in [3.8, 4) is 5.75 Å². The van der Waals surface area contributed by atoms with Crippen molar-refractivity contribution < 1.29 is 23.8 Å². The largest absolute Gasteiger partial charge is 0.497 e. The topological polar surface area (TPSA) is 89.5 Å². The summed E-state index contributed by atoms with van der Waals surface area (Å²) < 4.78 is 16.7.